The minimum Gasteiger partial charge on any atom is -0.496 e. The molecule has 5 heteroatoms. The topological polar surface area (TPSA) is 9.23 Å². The van der Waals surface area contributed by atoms with Crippen molar-refractivity contribution >= 4 is 11.8 Å². The van der Waals surface area contributed by atoms with Crippen molar-refractivity contribution in [3.63, 3.8) is 0 Å². The first-order valence-electron chi connectivity index (χ1n) is 4.87. The molecule has 0 saturated heterocycles. The molecule has 90 valence electrons. The maximum absolute atomic E-state index is 12.7. The summed E-state index contributed by atoms with van der Waals surface area (Å²) in [4.78, 5) is 0.180. The standard InChI is InChI=1S/C11H13F3OS/c1-3-7-16-10-8(11(12,13)14)5-4-6-9(10)15-2/h4-6H,3,7H2,1-2H3. The van der Waals surface area contributed by atoms with Crippen LogP contribution in [0.3, 0.4) is 0 Å². The molecule has 1 aromatic carbocycles. The summed E-state index contributed by atoms with van der Waals surface area (Å²) in [6, 6.07) is 3.99. The van der Waals surface area contributed by atoms with Crippen LogP contribution in [0.2, 0.25) is 0 Å². The number of hydrogen-bond acceptors (Lipinski definition) is 2. The number of benzene rings is 1. The number of halogens is 3. The van der Waals surface area contributed by atoms with E-state index < -0.39 is 11.7 Å². The van der Waals surface area contributed by atoms with Gasteiger partial charge < -0.3 is 4.74 Å². The van der Waals surface area contributed by atoms with E-state index in [4.69, 9.17) is 4.74 Å². The van der Waals surface area contributed by atoms with Gasteiger partial charge in [0.05, 0.1) is 17.6 Å². The fourth-order valence-electron chi connectivity index (χ4n) is 1.25. The van der Waals surface area contributed by atoms with Gasteiger partial charge in [-0.2, -0.15) is 13.2 Å². The number of ether oxygens (including phenoxy) is 1. The highest BCUT2D eigenvalue weighted by molar-refractivity contribution is 7.99. The van der Waals surface area contributed by atoms with Crippen LogP contribution in [0.15, 0.2) is 23.1 Å². The molecule has 16 heavy (non-hydrogen) atoms. The zero-order valence-electron chi connectivity index (χ0n) is 9.10. The maximum Gasteiger partial charge on any atom is 0.417 e. The summed E-state index contributed by atoms with van der Waals surface area (Å²) in [5, 5.41) is 0. The Labute approximate surface area is 97.0 Å². The van der Waals surface area contributed by atoms with Crippen LogP contribution in [0.1, 0.15) is 18.9 Å². The maximum atomic E-state index is 12.7. The van der Waals surface area contributed by atoms with Crippen molar-refractivity contribution in [2.45, 2.75) is 24.4 Å². The molecule has 0 atom stereocenters. The molecular formula is C11H13F3OS. The third-order valence-corrected chi connectivity index (χ3v) is 3.28. The Bertz CT molecular complexity index is 350. The molecule has 0 aliphatic rings. The van der Waals surface area contributed by atoms with Crippen molar-refractivity contribution < 1.29 is 17.9 Å². The molecule has 0 spiro atoms. The summed E-state index contributed by atoms with van der Waals surface area (Å²) in [5.74, 6) is 0.928. The first-order valence-corrected chi connectivity index (χ1v) is 5.86. The van der Waals surface area contributed by atoms with Crippen molar-refractivity contribution in [1.82, 2.24) is 0 Å². The third-order valence-electron chi connectivity index (χ3n) is 1.95. The van der Waals surface area contributed by atoms with Gasteiger partial charge in [-0.15, -0.1) is 11.8 Å². The second-order valence-corrected chi connectivity index (χ2v) is 4.29. The molecule has 1 nitrogen and oxygen atoms in total. The predicted molar refractivity (Wildman–Crippen MR) is 59.0 cm³/mol. The van der Waals surface area contributed by atoms with Gasteiger partial charge in [-0.1, -0.05) is 13.0 Å². The highest BCUT2D eigenvalue weighted by atomic mass is 32.2. The minimum absolute atomic E-state index is 0.180. The van der Waals surface area contributed by atoms with Crippen LogP contribution < -0.4 is 4.74 Å². The Morgan fingerprint density at radius 2 is 2.00 bits per heavy atom. The van der Waals surface area contributed by atoms with Crippen LogP contribution in [0.4, 0.5) is 13.2 Å². The Balaban J connectivity index is 3.15. The van der Waals surface area contributed by atoms with Gasteiger partial charge in [0.2, 0.25) is 0 Å². The minimum atomic E-state index is -4.33. The average molecular weight is 250 g/mol. The van der Waals surface area contributed by atoms with E-state index in [1.165, 1.54) is 24.9 Å². The average Bonchev–Trinajstić information content (AvgIpc) is 2.24. The Kier molecular flexibility index (Phi) is 4.53. The van der Waals surface area contributed by atoms with Gasteiger partial charge in [0, 0.05) is 0 Å². The molecule has 1 aromatic rings. The lowest BCUT2D eigenvalue weighted by molar-refractivity contribution is -0.139. The molecule has 1 rings (SSSR count). The van der Waals surface area contributed by atoms with Crippen molar-refractivity contribution in [1.29, 1.82) is 0 Å². The highest BCUT2D eigenvalue weighted by Gasteiger charge is 2.34. The van der Waals surface area contributed by atoms with Gasteiger partial charge in [0.25, 0.3) is 0 Å². The van der Waals surface area contributed by atoms with Gasteiger partial charge in [0.15, 0.2) is 0 Å². The first-order chi connectivity index (χ1) is 7.50. The molecule has 0 heterocycles. The molecule has 0 aliphatic carbocycles. The van der Waals surface area contributed by atoms with Gasteiger partial charge in [-0.25, -0.2) is 0 Å². The number of hydrogen-bond donors (Lipinski definition) is 0. The van der Waals surface area contributed by atoms with Crippen LogP contribution in [0.25, 0.3) is 0 Å². The molecule has 0 saturated carbocycles. The third kappa shape index (κ3) is 3.07. The Morgan fingerprint density at radius 1 is 1.31 bits per heavy atom. The van der Waals surface area contributed by atoms with Crippen LogP contribution in [0.5, 0.6) is 5.75 Å². The quantitative estimate of drug-likeness (QED) is 0.740. The second kappa shape index (κ2) is 5.48. The number of rotatable bonds is 4. The van der Waals surface area contributed by atoms with Gasteiger partial charge >= 0.3 is 6.18 Å². The number of methoxy groups -OCH3 is 1. The first kappa shape index (κ1) is 13.2. The van der Waals surface area contributed by atoms with Crippen LogP contribution in [-0.4, -0.2) is 12.9 Å². The largest absolute Gasteiger partial charge is 0.496 e. The molecule has 0 fully saturated rings. The summed E-state index contributed by atoms with van der Waals surface area (Å²) < 4.78 is 43.1. The number of thioether (sulfide) groups is 1. The highest BCUT2D eigenvalue weighted by Crippen LogP contribution is 2.41. The van der Waals surface area contributed by atoms with Crippen molar-refractivity contribution in [3.8, 4) is 5.75 Å². The molecule has 0 radical (unpaired) electrons. The van der Waals surface area contributed by atoms with Gasteiger partial charge in [-0.3, -0.25) is 0 Å². The van der Waals surface area contributed by atoms with Crippen LogP contribution in [0, 0.1) is 0 Å². The van der Waals surface area contributed by atoms with E-state index in [2.05, 4.69) is 0 Å². The SMILES string of the molecule is CCCSc1c(OC)cccc1C(F)(F)F. The van der Waals surface area contributed by atoms with E-state index in [-0.39, 0.29) is 10.6 Å². The van der Waals surface area contributed by atoms with E-state index >= 15 is 0 Å². The molecule has 0 aromatic heterocycles. The van der Waals surface area contributed by atoms with Crippen molar-refractivity contribution in [3.05, 3.63) is 23.8 Å². The van der Waals surface area contributed by atoms with E-state index in [9.17, 15) is 13.2 Å². The van der Waals surface area contributed by atoms with E-state index in [0.717, 1.165) is 12.5 Å². The molecule has 0 amide bonds. The normalized spacial score (nSPS) is 11.6. The lowest BCUT2D eigenvalue weighted by Gasteiger charge is -2.15. The number of alkyl halides is 3. The van der Waals surface area contributed by atoms with Crippen LogP contribution >= 0.6 is 11.8 Å². The molecular weight excluding hydrogens is 237 g/mol. The summed E-state index contributed by atoms with van der Waals surface area (Å²) in [5.41, 5.74) is -0.620. The molecule has 0 bridgehead atoms. The fourth-order valence-corrected chi connectivity index (χ4v) is 2.29. The van der Waals surface area contributed by atoms with Crippen LogP contribution in [-0.2, 0) is 6.18 Å². The smallest absolute Gasteiger partial charge is 0.417 e. The zero-order valence-corrected chi connectivity index (χ0v) is 9.91. The van der Waals surface area contributed by atoms with E-state index in [0.29, 0.717) is 5.75 Å². The van der Waals surface area contributed by atoms with E-state index in [1.54, 1.807) is 6.07 Å². The molecule has 0 N–H and O–H groups in total. The summed E-state index contributed by atoms with van der Waals surface area (Å²) in [6.45, 7) is 1.93. The van der Waals surface area contributed by atoms with Crippen molar-refractivity contribution in [2.24, 2.45) is 0 Å². The van der Waals surface area contributed by atoms with Gasteiger partial charge in [-0.05, 0) is 24.3 Å². The summed E-state index contributed by atoms with van der Waals surface area (Å²) >= 11 is 1.18. The lowest BCUT2D eigenvalue weighted by Crippen LogP contribution is -2.07. The molecule has 0 aliphatic heterocycles. The summed E-state index contributed by atoms with van der Waals surface area (Å²) in [7, 11) is 1.38. The zero-order chi connectivity index (χ0) is 12.2. The second-order valence-electron chi connectivity index (χ2n) is 3.18. The van der Waals surface area contributed by atoms with Crippen molar-refractivity contribution in [2.75, 3.05) is 12.9 Å². The van der Waals surface area contributed by atoms with Gasteiger partial charge in [0.1, 0.15) is 5.75 Å². The Morgan fingerprint density at radius 3 is 2.50 bits per heavy atom. The predicted octanol–water partition coefficient (Wildman–Crippen LogP) is 4.22. The Hall–Kier alpha value is -0.840. The fraction of sp³-hybridized carbons (Fsp3) is 0.455. The monoisotopic (exact) mass is 250 g/mol. The lowest BCUT2D eigenvalue weighted by atomic mass is 10.2. The summed E-state index contributed by atoms with van der Waals surface area (Å²) in [6.07, 6.45) is -3.51. The molecule has 0 unspecified atom stereocenters. The van der Waals surface area contributed by atoms with E-state index in [1.807, 2.05) is 6.92 Å².